The van der Waals surface area contributed by atoms with Gasteiger partial charge in [0.2, 0.25) is 5.91 Å². The van der Waals surface area contributed by atoms with Gasteiger partial charge in [-0.3, -0.25) is 19.0 Å². The number of pyridine rings is 1. The molecule has 0 aliphatic heterocycles. The summed E-state index contributed by atoms with van der Waals surface area (Å²) >= 11 is 0.747. The number of amides is 2. The molecule has 4 rings (SSSR count). The van der Waals surface area contributed by atoms with Crippen LogP contribution in [0.5, 0.6) is 0 Å². The summed E-state index contributed by atoms with van der Waals surface area (Å²) in [5.41, 5.74) is 5.34. The number of hydrogen-bond acceptors (Lipinski definition) is 6. The number of nitrogens with two attached hydrogens (primary N) is 1. The Morgan fingerprint density at radius 3 is 2.41 bits per heavy atom. The third kappa shape index (κ3) is 5.16. The van der Waals surface area contributed by atoms with Crippen LogP contribution in [-0.2, 0) is 24.6 Å². The lowest BCUT2D eigenvalue weighted by Gasteiger charge is -2.11. The van der Waals surface area contributed by atoms with Crippen molar-refractivity contribution in [1.29, 1.82) is 0 Å². The number of aryl methyl sites for hydroxylation is 4. The van der Waals surface area contributed by atoms with Gasteiger partial charge >= 0.3 is 6.18 Å². The predicted octanol–water partition coefficient (Wildman–Crippen LogP) is 4.59. The molecule has 4 heterocycles. The molecule has 4 aromatic rings. The van der Waals surface area contributed by atoms with Crippen molar-refractivity contribution in [2.75, 3.05) is 5.32 Å². The third-order valence-corrected chi connectivity index (χ3v) is 6.62. The van der Waals surface area contributed by atoms with E-state index < -0.39 is 35.8 Å². The van der Waals surface area contributed by atoms with Crippen LogP contribution in [0.2, 0.25) is 0 Å². The highest BCUT2D eigenvalue weighted by molar-refractivity contribution is 7.21. The van der Waals surface area contributed by atoms with Crippen LogP contribution in [-0.4, -0.2) is 36.4 Å². The Morgan fingerprint density at radius 2 is 1.86 bits per heavy atom. The van der Waals surface area contributed by atoms with E-state index in [9.17, 15) is 31.5 Å². The van der Waals surface area contributed by atoms with E-state index in [1.54, 1.807) is 20.2 Å². The van der Waals surface area contributed by atoms with Crippen LogP contribution in [0.15, 0.2) is 18.3 Å². The van der Waals surface area contributed by atoms with Crippen LogP contribution < -0.4 is 11.1 Å². The number of rotatable bonds is 7. The molecule has 37 heavy (non-hydrogen) atoms. The maximum atomic E-state index is 13.6. The molecule has 196 valence electrons. The lowest BCUT2D eigenvalue weighted by molar-refractivity contribution is -0.141. The average molecular weight is 542 g/mol. The fourth-order valence-electron chi connectivity index (χ4n) is 3.88. The van der Waals surface area contributed by atoms with Crippen molar-refractivity contribution in [3.8, 4) is 11.1 Å². The molecule has 15 heteroatoms. The van der Waals surface area contributed by atoms with E-state index in [0.717, 1.165) is 28.2 Å². The standard InChI is InChI=1S/C22H20F5N7O2S/c1-9-6-14(22(25,26)27)32-34(9)5-4-15(35)30-17-16-11(12-8-33(3)31-10(12)2)7-13(19(23)24)29-21(16)37-18(17)20(28)36/h6-8,19H,4-5H2,1-3H3,(H2,28,36)(H,30,35). The van der Waals surface area contributed by atoms with Crippen LogP contribution in [0.25, 0.3) is 21.3 Å². The number of nitrogens with one attached hydrogen (secondary N) is 1. The van der Waals surface area contributed by atoms with Gasteiger partial charge in [-0.05, 0) is 31.5 Å². The number of anilines is 1. The van der Waals surface area contributed by atoms with E-state index in [1.807, 2.05) is 0 Å². The normalized spacial score (nSPS) is 12.0. The van der Waals surface area contributed by atoms with Crippen molar-refractivity contribution in [2.24, 2.45) is 12.8 Å². The van der Waals surface area contributed by atoms with Crippen molar-refractivity contribution in [1.82, 2.24) is 24.5 Å². The van der Waals surface area contributed by atoms with Gasteiger partial charge in [-0.1, -0.05) is 0 Å². The monoisotopic (exact) mass is 541 g/mol. The van der Waals surface area contributed by atoms with Gasteiger partial charge in [0.15, 0.2) is 5.69 Å². The molecule has 0 saturated heterocycles. The van der Waals surface area contributed by atoms with E-state index in [4.69, 9.17) is 5.73 Å². The zero-order valence-corrected chi connectivity index (χ0v) is 20.5. The quantitative estimate of drug-likeness (QED) is 0.332. The van der Waals surface area contributed by atoms with Crippen molar-refractivity contribution in [3.05, 3.63) is 46.0 Å². The highest BCUT2D eigenvalue weighted by Gasteiger charge is 2.34. The molecule has 2 amide bonds. The first kappa shape index (κ1) is 26.2. The van der Waals surface area contributed by atoms with E-state index in [0.29, 0.717) is 11.3 Å². The number of fused-ring (bicyclic) bond motifs is 1. The SMILES string of the molecule is Cc1nn(C)cc1-c1cc(C(F)F)nc2sc(C(N)=O)c(NC(=O)CCn3nc(C(F)(F)F)cc3C)c12. The Balaban J connectivity index is 1.74. The Bertz CT molecular complexity index is 1520. The molecule has 0 radical (unpaired) electrons. The van der Waals surface area contributed by atoms with Crippen LogP contribution in [0.1, 0.15) is 45.3 Å². The Labute approximate surface area is 210 Å². The largest absolute Gasteiger partial charge is 0.435 e. The summed E-state index contributed by atoms with van der Waals surface area (Å²) in [6.07, 6.45) is -6.23. The van der Waals surface area contributed by atoms with Gasteiger partial charge in [0.1, 0.15) is 15.4 Å². The topological polar surface area (TPSA) is 121 Å². The van der Waals surface area contributed by atoms with E-state index in [2.05, 4.69) is 20.5 Å². The Morgan fingerprint density at radius 1 is 1.16 bits per heavy atom. The lowest BCUT2D eigenvalue weighted by atomic mass is 10.0. The minimum Gasteiger partial charge on any atom is -0.365 e. The van der Waals surface area contributed by atoms with Crippen LogP contribution in [0.3, 0.4) is 0 Å². The molecule has 0 spiro atoms. The summed E-state index contributed by atoms with van der Waals surface area (Å²) in [6.45, 7) is 2.92. The van der Waals surface area contributed by atoms with Gasteiger partial charge in [0, 0.05) is 42.9 Å². The Kier molecular flexibility index (Phi) is 6.75. The first-order chi connectivity index (χ1) is 17.3. The summed E-state index contributed by atoms with van der Waals surface area (Å²) in [7, 11) is 1.65. The highest BCUT2D eigenvalue weighted by Crippen LogP contribution is 2.43. The summed E-state index contributed by atoms with van der Waals surface area (Å²) < 4.78 is 68.6. The minimum atomic E-state index is -4.63. The molecule has 3 N–H and O–H groups in total. The number of primary amides is 1. The number of carbonyl (C=O) groups excluding carboxylic acids is 2. The van der Waals surface area contributed by atoms with Crippen molar-refractivity contribution in [3.63, 3.8) is 0 Å². The molecule has 0 aliphatic rings. The Hall–Kier alpha value is -3.88. The molecule has 0 aliphatic carbocycles. The average Bonchev–Trinajstić information content (AvgIpc) is 3.46. The van der Waals surface area contributed by atoms with Gasteiger partial charge in [-0.2, -0.15) is 23.4 Å². The zero-order chi connectivity index (χ0) is 27.2. The van der Waals surface area contributed by atoms with Crippen molar-refractivity contribution < 1.29 is 31.5 Å². The lowest BCUT2D eigenvalue weighted by Crippen LogP contribution is -2.19. The summed E-state index contributed by atoms with van der Waals surface area (Å²) in [6, 6.07) is 2.03. The summed E-state index contributed by atoms with van der Waals surface area (Å²) in [5.74, 6) is -1.57. The van der Waals surface area contributed by atoms with E-state index >= 15 is 0 Å². The number of halogens is 5. The number of aromatic nitrogens is 5. The fourth-order valence-corrected chi connectivity index (χ4v) is 4.90. The van der Waals surface area contributed by atoms with Crippen molar-refractivity contribution >= 4 is 39.1 Å². The second kappa shape index (κ2) is 9.53. The van der Waals surface area contributed by atoms with Gasteiger partial charge in [-0.15, -0.1) is 11.3 Å². The van der Waals surface area contributed by atoms with Crippen LogP contribution in [0, 0.1) is 13.8 Å². The van der Waals surface area contributed by atoms with Crippen LogP contribution >= 0.6 is 11.3 Å². The fraction of sp³-hybridized carbons (Fsp3) is 0.318. The van der Waals surface area contributed by atoms with Crippen molar-refractivity contribution in [2.45, 2.75) is 39.4 Å². The number of alkyl halides is 5. The smallest absolute Gasteiger partial charge is 0.365 e. The predicted molar refractivity (Wildman–Crippen MR) is 125 cm³/mol. The molecule has 0 fully saturated rings. The summed E-state index contributed by atoms with van der Waals surface area (Å²) in [4.78, 5) is 28.9. The van der Waals surface area contributed by atoms with E-state index in [1.165, 1.54) is 11.6 Å². The molecule has 0 aromatic carbocycles. The molecular formula is C22H20F5N7O2S. The number of thiophene rings is 1. The van der Waals surface area contributed by atoms with Gasteiger partial charge in [0.05, 0.1) is 11.4 Å². The molecule has 0 bridgehead atoms. The van der Waals surface area contributed by atoms with E-state index in [-0.39, 0.29) is 45.0 Å². The highest BCUT2D eigenvalue weighted by atomic mass is 32.1. The number of carbonyl (C=O) groups is 2. The maximum absolute atomic E-state index is 13.6. The first-order valence-corrected chi connectivity index (χ1v) is 11.6. The molecule has 0 saturated carbocycles. The minimum absolute atomic E-state index is 0.0164. The number of nitrogens with zero attached hydrogens (tertiary/aromatic N) is 5. The number of hydrogen-bond donors (Lipinski definition) is 2. The van der Waals surface area contributed by atoms with Crippen LogP contribution in [0.4, 0.5) is 27.6 Å². The molecule has 4 aromatic heterocycles. The van der Waals surface area contributed by atoms with Gasteiger partial charge < -0.3 is 11.1 Å². The summed E-state index contributed by atoms with van der Waals surface area (Å²) in [5, 5.41) is 10.5. The molecular weight excluding hydrogens is 521 g/mol. The molecule has 0 atom stereocenters. The molecule has 0 unspecified atom stereocenters. The third-order valence-electron chi connectivity index (χ3n) is 5.52. The van der Waals surface area contributed by atoms with Gasteiger partial charge in [-0.25, -0.2) is 13.8 Å². The second-order valence-corrected chi connectivity index (χ2v) is 9.24. The zero-order valence-electron chi connectivity index (χ0n) is 19.7. The molecule has 9 nitrogen and oxygen atoms in total. The van der Waals surface area contributed by atoms with Gasteiger partial charge in [0.25, 0.3) is 12.3 Å². The maximum Gasteiger partial charge on any atom is 0.435 e. The first-order valence-electron chi connectivity index (χ1n) is 10.7. The second-order valence-electron chi connectivity index (χ2n) is 8.24.